The van der Waals surface area contributed by atoms with Crippen LogP contribution in [0.2, 0.25) is 0 Å². The first-order valence-corrected chi connectivity index (χ1v) is 9.50. The Kier molecular flexibility index (Phi) is 5.53. The number of hydrogen-bond acceptors (Lipinski definition) is 5. The van der Waals surface area contributed by atoms with E-state index in [1.807, 2.05) is 35.6 Å². The fourth-order valence-corrected chi connectivity index (χ4v) is 3.43. The topological polar surface area (TPSA) is 116 Å². The number of urea groups is 1. The molecule has 156 valence electrons. The molecule has 9 nitrogen and oxygen atoms in total. The van der Waals surface area contributed by atoms with Gasteiger partial charge in [0.15, 0.2) is 0 Å². The Hall–Kier alpha value is -4.32. The van der Waals surface area contributed by atoms with E-state index in [1.165, 1.54) is 0 Å². The second kappa shape index (κ2) is 8.59. The van der Waals surface area contributed by atoms with Gasteiger partial charge in [-0.15, -0.1) is 0 Å². The maximum atomic E-state index is 12.8. The molecule has 2 aromatic carbocycles. The average molecular weight is 417 g/mol. The van der Waals surface area contributed by atoms with Crippen LogP contribution in [0.1, 0.15) is 21.6 Å². The minimum Gasteiger partial charge on any atom is -0.497 e. The maximum Gasteiger partial charge on any atom is 0.322 e. The summed E-state index contributed by atoms with van der Waals surface area (Å²) in [5.74, 6) is 6.34. The third kappa shape index (κ3) is 4.18. The number of benzene rings is 2. The van der Waals surface area contributed by atoms with Gasteiger partial charge in [-0.3, -0.25) is 20.0 Å². The minimum atomic E-state index is -0.726. The van der Waals surface area contributed by atoms with Crippen LogP contribution in [0.25, 0.3) is 10.9 Å². The van der Waals surface area contributed by atoms with Crippen molar-refractivity contribution in [3.8, 4) is 17.6 Å². The van der Waals surface area contributed by atoms with Crippen LogP contribution in [-0.4, -0.2) is 53.1 Å². The lowest BCUT2D eigenvalue weighted by atomic mass is 10.1. The summed E-state index contributed by atoms with van der Waals surface area (Å²) in [6.07, 6.45) is 0.282. The molecule has 4 rings (SSSR count). The van der Waals surface area contributed by atoms with Gasteiger partial charge in [-0.25, -0.2) is 4.79 Å². The van der Waals surface area contributed by atoms with Gasteiger partial charge in [0.05, 0.1) is 19.2 Å². The number of methoxy groups -OCH3 is 1. The first-order valence-electron chi connectivity index (χ1n) is 9.50. The first kappa shape index (κ1) is 20.0. The molecule has 0 unspecified atom stereocenters. The van der Waals surface area contributed by atoms with Crippen molar-refractivity contribution in [3.05, 3.63) is 59.3 Å². The molecule has 0 radical (unpaired) electrons. The molecule has 0 saturated heterocycles. The van der Waals surface area contributed by atoms with Gasteiger partial charge in [-0.05, 0) is 35.7 Å². The number of amides is 4. The van der Waals surface area contributed by atoms with Crippen molar-refractivity contribution in [1.29, 1.82) is 0 Å². The molecular formula is C22H19N5O4. The highest BCUT2D eigenvalue weighted by Crippen LogP contribution is 2.26. The van der Waals surface area contributed by atoms with Crippen LogP contribution in [0.4, 0.5) is 4.79 Å². The molecule has 0 spiro atoms. The van der Waals surface area contributed by atoms with Gasteiger partial charge >= 0.3 is 6.03 Å². The molecule has 1 aliphatic rings. The molecule has 31 heavy (non-hydrogen) atoms. The van der Waals surface area contributed by atoms with Crippen LogP contribution >= 0.6 is 0 Å². The zero-order chi connectivity index (χ0) is 21.8. The van der Waals surface area contributed by atoms with Gasteiger partial charge in [0.25, 0.3) is 5.91 Å². The third-order valence-electron chi connectivity index (χ3n) is 4.93. The number of para-hydroxylation sites is 1. The van der Waals surface area contributed by atoms with Crippen molar-refractivity contribution >= 4 is 29.3 Å². The van der Waals surface area contributed by atoms with Crippen LogP contribution in [0, 0.1) is 11.8 Å². The summed E-state index contributed by atoms with van der Waals surface area (Å²) in [7, 11) is 1.54. The van der Waals surface area contributed by atoms with Gasteiger partial charge < -0.3 is 15.0 Å². The summed E-state index contributed by atoms with van der Waals surface area (Å²) in [5.41, 5.74) is 2.79. The van der Waals surface area contributed by atoms with Crippen LogP contribution in [0.15, 0.2) is 42.5 Å². The van der Waals surface area contributed by atoms with E-state index in [1.54, 1.807) is 24.1 Å². The Bertz CT molecular complexity index is 1220. The number of fused-ring (bicyclic) bond motifs is 2. The van der Waals surface area contributed by atoms with E-state index in [4.69, 9.17) is 4.74 Å². The van der Waals surface area contributed by atoms with E-state index < -0.39 is 12.1 Å². The van der Waals surface area contributed by atoms with E-state index in [0.29, 0.717) is 23.6 Å². The van der Waals surface area contributed by atoms with Crippen molar-refractivity contribution in [2.24, 2.45) is 0 Å². The highest BCUT2D eigenvalue weighted by Gasteiger charge is 2.29. The largest absolute Gasteiger partial charge is 0.497 e. The number of aromatic amines is 1. The first-order chi connectivity index (χ1) is 15.1. The van der Waals surface area contributed by atoms with E-state index in [2.05, 4.69) is 27.4 Å². The van der Waals surface area contributed by atoms with E-state index in [9.17, 15) is 14.4 Å². The SMILES string of the molecule is COc1ccc2c(c1)C(=O)N(C[C@@H](C#Cc1n[nH]c3ccccc13)NC(=O)NC=O)C2. The predicted octanol–water partition coefficient (Wildman–Crippen LogP) is 1.40. The Morgan fingerprint density at radius 1 is 1.35 bits per heavy atom. The van der Waals surface area contributed by atoms with Gasteiger partial charge in [0.1, 0.15) is 17.5 Å². The molecule has 0 aliphatic carbocycles. The molecule has 2 heterocycles. The number of imide groups is 1. The molecule has 1 atom stereocenters. The van der Waals surface area contributed by atoms with Crippen LogP contribution in [-0.2, 0) is 11.3 Å². The van der Waals surface area contributed by atoms with Gasteiger partial charge in [0, 0.05) is 17.5 Å². The number of carbonyl (C=O) groups excluding carboxylic acids is 3. The van der Waals surface area contributed by atoms with Gasteiger partial charge in [-0.1, -0.05) is 24.1 Å². The van der Waals surface area contributed by atoms with Crippen LogP contribution < -0.4 is 15.4 Å². The molecule has 3 aromatic rings. The number of carbonyl (C=O) groups is 3. The third-order valence-corrected chi connectivity index (χ3v) is 4.93. The highest BCUT2D eigenvalue weighted by molar-refractivity contribution is 5.98. The summed E-state index contributed by atoms with van der Waals surface area (Å²) in [6.45, 7) is 0.524. The number of H-pyrrole nitrogens is 1. The average Bonchev–Trinajstić information content (AvgIpc) is 3.33. The molecular weight excluding hydrogens is 398 g/mol. The van der Waals surface area contributed by atoms with Crippen molar-refractivity contribution in [3.63, 3.8) is 0 Å². The fraction of sp³-hybridized carbons (Fsp3) is 0.182. The lowest BCUT2D eigenvalue weighted by molar-refractivity contribution is -0.108. The van der Waals surface area contributed by atoms with Gasteiger partial charge in [0.2, 0.25) is 6.41 Å². The Labute approximate surface area is 177 Å². The summed E-state index contributed by atoms with van der Waals surface area (Å²) in [6, 6.07) is 11.4. The lowest BCUT2D eigenvalue weighted by Gasteiger charge is -2.20. The summed E-state index contributed by atoms with van der Waals surface area (Å²) < 4.78 is 5.20. The molecule has 0 bridgehead atoms. The van der Waals surface area contributed by atoms with Crippen LogP contribution in [0.3, 0.4) is 0 Å². The van der Waals surface area contributed by atoms with Gasteiger partial charge in [-0.2, -0.15) is 5.10 Å². The second-order valence-electron chi connectivity index (χ2n) is 6.88. The normalized spacial score (nSPS) is 13.2. The van der Waals surface area contributed by atoms with Crippen molar-refractivity contribution in [2.45, 2.75) is 12.6 Å². The number of aromatic nitrogens is 2. The number of nitrogens with zero attached hydrogens (tertiary/aromatic N) is 2. The molecule has 0 fully saturated rings. The fourth-order valence-electron chi connectivity index (χ4n) is 3.43. The van der Waals surface area contributed by atoms with E-state index >= 15 is 0 Å². The second-order valence-corrected chi connectivity index (χ2v) is 6.88. The molecule has 9 heteroatoms. The van der Waals surface area contributed by atoms with Crippen LogP contribution in [0.5, 0.6) is 5.75 Å². The number of ether oxygens (including phenoxy) is 1. The van der Waals surface area contributed by atoms with E-state index in [-0.39, 0.29) is 18.9 Å². The van der Waals surface area contributed by atoms with Crippen molar-refractivity contribution < 1.29 is 19.1 Å². The predicted molar refractivity (Wildman–Crippen MR) is 112 cm³/mol. The minimum absolute atomic E-state index is 0.136. The van der Waals surface area contributed by atoms with E-state index in [0.717, 1.165) is 16.5 Å². The zero-order valence-corrected chi connectivity index (χ0v) is 16.6. The number of nitrogens with one attached hydrogen (secondary N) is 3. The molecule has 0 saturated carbocycles. The summed E-state index contributed by atoms with van der Waals surface area (Å²) >= 11 is 0. The molecule has 1 aromatic heterocycles. The Morgan fingerprint density at radius 3 is 3.00 bits per heavy atom. The highest BCUT2D eigenvalue weighted by atomic mass is 16.5. The zero-order valence-electron chi connectivity index (χ0n) is 16.6. The number of rotatable bonds is 5. The Morgan fingerprint density at radius 2 is 2.19 bits per heavy atom. The molecule has 4 amide bonds. The smallest absolute Gasteiger partial charge is 0.322 e. The summed E-state index contributed by atoms with van der Waals surface area (Å²) in [4.78, 5) is 36.9. The monoisotopic (exact) mass is 417 g/mol. The quantitative estimate of drug-likeness (QED) is 0.429. The lowest BCUT2D eigenvalue weighted by Crippen LogP contribution is -2.46. The maximum absolute atomic E-state index is 12.8. The molecule has 1 aliphatic heterocycles. The summed E-state index contributed by atoms with van der Waals surface area (Å²) in [5, 5.41) is 12.6. The molecule has 3 N–H and O–H groups in total. The standard InChI is InChI=1S/C22H19N5O4/c1-31-16-8-6-14-11-27(21(29)18(14)10-16)12-15(24-22(30)23-13-28)7-9-20-17-4-2-3-5-19(17)25-26-20/h2-6,8,10,13,15H,11-12H2,1H3,(H,25,26)(H2,23,24,28,30)/t15-/m1/s1. The van der Waals surface area contributed by atoms with Crippen molar-refractivity contribution in [1.82, 2.24) is 25.7 Å². The van der Waals surface area contributed by atoms with Crippen molar-refractivity contribution in [2.75, 3.05) is 13.7 Å². The Balaban J connectivity index is 1.57. The number of hydrogen-bond donors (Lipinski definition) is 3.